The number of aromatic amines is 1. The van der Waals surface area contributed by atoms with E-state index < -0.39 is 12.1 Å². The summed E-state index contributed by atoms with van der Waals surface area (Å²) in [6, 6.07) is 15.1. The van der Waals surface area contributed by atoms with E-state index in [1.165, 1.54) is 21.8 Å². The van der Waals surface area contributed by atoms with Gasteiger partial charge >= 0.3 is 6.09 Å². The van der Waals surface area contributed by atoms with E-state index in [9.17, 15) is 9.59 Å². The molecule has 0 saturated carbocycles. The molecule has 180 valence electrons. The lowest BCUT2D eigenvalue weighted by molar-refractivity contribution is -0.120. The van der Waals surface area contributed by atoms with E-state index in [1.807, 2.05) is 54.0 Å². The highest BCUT2D eigenvalue weighted by Crippen LogP contribution is 2.30. The fraction of sp³-hybridized carbons (Fsp3) is 0.269. The van der Waals surface area contributed by atoms with Crippen LogP contribution in [-0.4, -0.2) is 46.0 Å². The van der Waals surface area contributed by atoms with E-state index in [-0.39, 0.29) is 12.5 Å². The number of anilines is 1. The average molecular weight is 490 g/mol. The number of ether oxygens (including phenoxy) is 1. The van der Waals surface area contributed by atoms with Crippen LogP contribution in [0.3, 0.4) is 0 Å². The summed E-state index contributed by atoms with van der Waals surface area (Å²) < 4.78 is 5.44. The number of carbonyl (C=O) groups is 2. The lowest BCUT2D eigenvalue weighted by Gasteiger charge is -2.22. The summed E-state index contributed by atoms with van der Waals surface area (Å²) in [7, 11) is 0. The van der Waals surface area contributed by atoms with Crippen LogP contribution in [0, 0.1) is 0 Å². The standard InChI is InChI=1S/C26H27N5O3S/c27-11-10-19-14-28-21-9-8-18(13-20(19)21)22-16-35-25(29-22)30-24(32)23-7-4-12-31(23)26(33)34-15-17-5-2-1-3-6-17/h1-3,5-6,8-9,13-14,16,23,28H,4,7,10-12,15,27H2,(H,29,30,32)/t23-/m0/s1. The summed E-state index contributed by atoms with van der Waals surface area (Å²) in [5.41, 5.74) is 10.6. The van der Waals surface area contributed by atoms with Crippen LogP contribution in [0.25, 0.3) is 22.2 Å². The zero-order chi connectivity index (χ0) is 24.2. The molecule has 3 heterocycles. The minimum absolute atomic E-state index is 0.179. The number of hydrogen-bond acceptors (Lipinski definition) is 6. The van der Waals surface area contributed by atoms with Gasteiger partial charge in [0, 0.05) is 34.6 Å². The second-order valence-electron chi connectivity index (χ2n) is 8.53. The van der Waals surface area contributed by atoms with Crippen molar-refractivity contribution in [1.82, 2.24) is 14.9 Å². The molecule has 2 amide bonds. The number of fused-ring (bicyclic) bond motifs is 1. The molecule has 0 radical (unpaired) electrons. The second-order valence-corrected chi connectivity index (χ2v) is 9.39. The Bertz CT molecular complexity index is 1330. The van der Waals surface area contributed by atoms with Crippen LogP contribution in [0.4, 0.5) is 9.93 Å². The van der Waals surface area contributed by atoms with Gasteiger partial charge in [-0.3, -0.25) is 9.69 Å². The highest BCUT2D eigenvalue weighted by atomic mass is 32.1. The van der Waals surface area contributed by atoms with Crippen molar-refractivity contribution < 1.29 is 14.3 Å². The molecule has 4 aromatic rings. The van der Waals surface area contributed by atoms with Gasteiger partial charge < -0.3 is 20.8 Å². The third-order valence-corrected chi connectivity index (χ3v) is 6.96. The lowest BCUT2D eigenvalue weighted by atomic mass is 10.1. The van der Waals surface area contributed by atoms with Gasteiger partial charge in [0.1, 0.15) is 12.6 Å². The highest BCUT2D eigenvalue weighted by molar-refractivity contribution is 7.14. The van der Waals surface area contributed by atoms with E-state index in [4.69, 9.17) is 10.5 Å². The predicted molar refractivity (Wildman–Crippen MR) is 137 cm³/mol. The summed E-state index contributed by atoms with van der Waals surface area (Å²) in [5, 5.41) is 6.45. The van der Waals surface area contributed by atoms with Crippen LogP contribution in [-0.2, 0) is 22.6 Å². The zero-order valence-corrected chi connectivity index (χ0v) is 20.0. The minimum atomic E-state index is -0.569. The molecule has 1 aliphatic rings. The second kappa shape index (κ2) is 10.3. The maximum Gasteiger partial charge on any atom is 0.410 e. The Balaban J connectivity index is 1.24. The van der Waals surface area contributed by atoms with Gasteiger partial charge in [-0.25, -0.2) is 9.78 Å². The largest absolute Gasteiger partial charge is 0.445 e. The van der Waals surface area contributed by atoms with Crippen LogP contribution in [0.2, 0.25) is 0 Å². The number of H-pyrrole nitrogens is 1. The normalized spacial score (nSPS) is 15.5. The van der Waals surface area contributed by atoms with Gasteiger partial charge in [0.15, 0.2) is 5.13 Å². The Hall–Kier alpha value is -3.69. The van der Waals surface area contributed by atoms with Crippen molar-refractivity contribution in [2.75, 3.05) is 18.4 Å². The molecule has 0 unspecified atom stereocenters. The van der Waals surface area contributed by atoms with E-state index in [0.29, 0.717) is 24.6 Å². The number of benzene rings is 2. The SMILES string of the molecule is NCCc1c[nH]c2ccc(-c3csc(NC(=O)[C@@H]4CCCN4C(=O)OCc4ccccc4)n3)cc12. The molecule has 1 fully saturated rings. The fourth-order valence-electron chi connectivity index (χ4n) is 4.41. The molecule has 0 aliphatic carbocycles. The van der Waals surface area contributed by atoms with Crippen molar-refractivity contribution in [1.29, 1.82) is 0 Å². The van der Waals surface area contributed by atoms with Crippen molar-refractivity contribution in [3.05, 3.63) is 71.2 Å². The first-order valence-corrected chi connectivity index (χ1v) is 12.5. The van der Waals surface area contributed by atoms with Crippen molar-refractivity contribution in [3.8, 4) is 11.3 Å². The number of thiazole rings is 1. The van der Waals surface area contributed by atoms with Crippen LogP contribution < -0.4 is 11.1 Å². The molecular weight excluding hydrogens is 462 g/mol. The van der Waals surface area contributed by atoms with E-state index in [1.54, 1.807) is 0 Å². The molecule has 1 atom stereocenters. The summed E-state index contributed by atoms with van der Waals surface area (Å²) in [5.74, 6) is -0.244. The van der Waals surface area contributed by atoms with Crippen molar-refractivity contribution in [3.63, 3.8) is 0 Å². The topological polar surface area (TPSA) is 113 Å². The molecule has 4 N–H and O–H groups in total. The number of nitrogens with two attached hydrogens (primary N) is 1. The van der Waals surface area contributed by atoms with Crippen LogP contribution in [0.5, 0.6) is 0 Å². The Morgan fingerprint density at radius 3 is 2.91 bits per heavy atom. The monoisotopic (exact) mass is 489 g/mol. The Morgan fingerprint density at radius 1 is 1.23 bits per heavy atom. The third-order valence-electron chi connectivity index (χ3n) is 6.21. The molecule has 2 aromatic carbocycles. The molecule has 2 aromatic heterocycles. The number of likely N-dealkylation sites (tertiary alicyclic amines) is 1. The van der Waals surface area contributed by atoms with Crippen LogP contribution in [0.15, 0.2) is 60.1 Å². The molecule has 8 nitrogen and oxygen atoms in total. The number of rotatable bonds is 7. The first kappa shape index (κ1) is 23.1. The van der Waals surface area contributed by atoms with Crippen molar-refractivity contribution in [2.45, 2.75) is 31.9 Å². The number of nitrogens with one attached hydrogen (secondary N) is 2. The van der Waals surface area contributed by atoms with Gasteiger partial charge in [0.25, 0.3) is 0 Å². The molecule has 0 spiro atoms. The molecule has 1 aliphatic heterocycles. The van der Waals surface area contributed by atoms with Gasteiger partial charge in [0.2, 0.25) is 5.91 Å². The van der Waals surface area contributed by atoms with Crippen LogP contribution >= 0.6 is 11.3 Å². The Labute approximate surface area is 207 Å². The van der Waals surface area contributed by atoms with Gasteiger partial charge in [-0.05, 0) is 49.1 Å². The van der Waals surface area contributed by atoms with E-state index in [0.717, 1.165) is 40.6 Å². The minimum Gasteiger partial charge on any atom is -0.445 e. The number of nitrogens with zero attached hydrogens (tertiary/aromatic N) is 2. The number of carbonyl (C=O) groups excluding carboxylic acids is 2. The number of amides is 2. The smallest absolute Gasteiger partial charge is 0.410 e. The van der Waals surface area contributed by atoms with Gasteiger partial charge in [-0.1, -0.05) is 36.4 Å². The van der Waals surface area contributed by atoms with Gasteiger partial charge in [-0.15, -0.1) is 11.3 Å². The lowest BCUT2D eigenvalue weighted by Crippen LogP contribution is -2.43. The molecule has 1 saturated heterocycles. The summed E-state index contributed by atoms with van der Waals surface area (Å²) >= 11 is 1.37. The predicted octanol–water partition coefficient (Wildman–Crippen LogP) is 4.53. The van der Waals surface area contributed by atoms with Crippen LogP contribution in [0.1, 0.15) is 24.0 Å². The van der Waals surface area contributed by atoms with Gasteiger partial charge in [0.05, 0.1) is 5.69 Å². The Morgan fingerprint density at radius 2 is 2.09 bits per heavy atom. The van der Waals surface area contributed by atoms with Crippen molar-refractivity contribution >= 4 is 39.4 Å². The number of hydrogen-bond donors (Lipinski definition) is 3. The summed E-state index contributed by atoms with van der Waals surface area (Å²) in [4.78, 5) is 35.0. The average Bonchev–Trinajstić information content (AvgIpc) is 3.63. The quantitative estimate of drug-likeness (QED) is 0.353. The summed E-state index contributed by atoms with van der Waals surface area (Å²) in [6.07, 6.45) is 3.67. The molecular formula is C26H27N5O3S. The highest BCUT2D eigenvalue weighted by Gasteiger charge is 2.35. The molecule has 0 bridgehead atoms. The first-order chi connectivity index (χ1) is 17.1. The molecule has 35 heavy (non-hydrogen) atoms. The zero-order valence-electron chi connectivity index (χ0n) is 19.2. The van der Waals surface area contributed by atoms with Gasteiger partial charge in [-0.2, -0.15) is 0 Å². The maximum absolute atomic E-state index is 13.0. The summed E-state index contributed by atoms with van der Waals surface area (Å²) in [6.45, 7) is 1.26. The maximum atomic E-state index is 13.0. The number of aromatic nitrogens is 2. The van der Waals surface area contributed by atoms with E-state index in [2.05, 4.69) is 21.4 Å². The first-order valence-electron chi connectivity index (χ1n) is 11.7. The third kappa shape index (κ3) is 5.06. The van der Waals surface area contributed by atoms with E-state index >= 15 is 0 Å². The fourth-order valence-corrected chi connectivity index (χ4v) is 5.14. The molecule has 9 heteroatoms. The van der Waals surface area contributed by atoms with Crippen molar-refractivity contribution in [2.24, 2.45) is 5.73 Å². The Kier molecular flexibility index (Phi) is 6.78. The molecule has 5 rings (SSSR count).